The number of hydrogen-bond donors (Lipinski definition) is 1. The Hall–Kier alpha value is -2.93. The van der Waals surface area contributed by atoms with Gasteiger partial charge in [0.05, 0.1) is 21.2 Å². The zero-order valence-electron chi connectivity index (χ0n) is 12.6. The molecule has 0 fully saturated rings. The SMILES string of the molecule is Cc1ccc(NC(=O)COC(=O)c2cccc([N+](=O)[O-])c2)c(Cl)c1. The van der Waals surface area contributed by atoms with Gasteiger partial charge < -0.3 is 10.1 Å². The molecule has 0 unspecified atom stereocenters. The summed E-state index contributed by atoms with van der Waals surface area (Å²) >= 11 is 5.99. The molecule has 0 atom stereocenters. The van der Waals surface area contributed by atoms with Crippen LogP contribution in [0, 0.1) is 17.0 Å². The van der Waals surface area contributed by atoms with Crippen LogP contribution >= 0.6 is 11.6 Å². The van der Waals surface area contributed by atoms with Crippen molar-refractivity contribution >= 4 is 34.9 Å². The second kappa shape index (κ2) is 7.56. The van der Waals surface area contributed by atoms with Crippen molar-refractivity contribution in [3.63, 3.8) is 0 Å². The summed E-state index contributed by atoms with van der Waals surface area (Å²) in [5.41, 5.74) is 1.10. The predicted molar refractivity (Wildman–Crippen MR) is 88.2 cm³/mol. The zero-order valence-corrected chi connectivity index (χ0v) is 13.4. The number of nitrogens with one attached hydrogen (secondary N) is 1. The summed E-state index contributed by atoms with van der Waals surface area (Å²) in [5.74, 6) is -1.40. The van der Waals surface area contributed by atoms with Gasteiger partial charge in [0.15, 0.2) is 6.61 Å². The fourth-order valence-corrected chi connectivity index (χ4v) is 2.15. The van der Waals surface area contributed by atoms with Gasteiger partial charge in [-0.05, 0) is 30.7 Å². The van der Waals surface area contributed by atoms with E-state index in [-0.39, 0.29) is 11.3 Å². The Morgan fingerprint density at radius 1 is 1.25 bits per heavy atom. The lowest BCUT2D eigenvalue weighted by atomic mass is 10.2. The highest BCUT2D eigenvalue weighted by Crippen LogP contribution is 2.22. The third-order valence-corrected chi connectivity index (χ3v) is 3.34. The molecule has 1 N–H and O–H groups in total. The van der Waals surface area contributed by atoms with Crippen LogP contribution in [-0.2, 0) is 9.53 Å². The topological polar surface area (TPSA) is 98.5 Å². The lowest BCUT2D eigenvalue weighted by Crippen LogP contribution is -2.21. The molecule has 7 nitrogen and oxygen atoms in total. The third kappa shape index (κ3) is 4.53. The first kappa shape index (κ1) is 17.4. The monoisotopic (exact) mass is 348 g/mol. The van der Waals surface area contributed by atoms with Crippen molar-refractivity contribution in [2.75, 3.05) is 11.9 Å². The van der Waals surface area contributed by atoms with E-state index in [2.05, 4.69) is 5.32 Å². The van der Waals surface area contributed by atoms with Crippen LogP contribution in [0.5, 0.6) is 0 Å². The summed E-state index contributed by atoms with van der Waals surface area (Å²) in [4.78, 5) is 33.7. The average Bonchev–Trinajstić information content (AvgIpc) is 2.55. The van der Waals surface area contributed by atoms with E-state index < -0.39 is 23.4 Å². The summed E-state index contributed by atoms with van der Waals surface area (Å²) < 4.78 is 4.84. The molecule has 0 aliphatic carbocycles. The minimum absolute atomic E-state index is 0.00892. The highest BCUT2D eigenvalue weighted by atomic mass is 35.5. The van der Waals surface area contributed by atoms with Gasteiger partial charge in [0.2, 0.25) is 0 Å². The summed E-state index contributed by atoms with van der Waals surface area (Å²) in [6.07, 6.45) is 0. The summed E-state index contributed by atoms with van der Waals surface area (Å²) in [5, 5.41) is 13.6. The Kier molecular flexibility index (Phi) is 5.49. The van der Waals surface area contributed by atoms with Crippen molar-refractivity contribution in [3.8, 4) is 0 Å². The minimum atomic E-state index is -0.830. The maximum Gasteiger partial charge on any atom is 0.338 e. The Morgan fingerprint density at radius 3 is 2.67 bits per heavy atom. The molecule has 24 heavy (non-hydrogen) atoms. The Labute approximate surface area is 142 Å². The summed E-state index contributed by atoms with van der Waals surface area (Å²) in [6.45, 7) is 1.32. The van der Waals surface area contributed by atoms with Gasteiger partial charge in [0, 0.05) is 12.1 Å². The number of esters is 1. The fourth-order valence-electron chi connectivity index (χ4n) is 1.87. The first-order chi connectivity index (χ1) is 11.4. The van der Waals surface area contributed by atoms with Crippen LogP contribution in [0.25, 0.3) is 0 Å². The number of rotatable bonds is 5. The number of nitrogens with zero attached hydrogens (tertiary/aromatic N) is 1. The van der Waals surface area contributed by atoms with Crippen molar-refractivity contribution in [3.05, 3.63) is 68.7 Å². The first-order valence-electron chi connectivity index (χ1n) is 6.84. The van der Waals surface area contributed by atoms with Crippen molar-refractivity contribution in [1.29, 1.82) is 0 Å². The number of benzene rings is 2. The van der Waals surface area contributed by atoms with Gasteiger partial charge in [-0.1, -0.05) is 23.7 Å². The summed E-state index contributed by atoms with van der Waals surface area (Å²) in [6, 6.07) is 10.2. The lowest BCUT2D eigenvalue weighted by Gasteiger charge is -2.08. The number of non-ortho nitro benzene ring substituents is 1. The molecule has 0 bridgehead atoms. The second-order valence-corrected chi connectivity index (χ2v) is 5.32. The molecule has 2 rings (SSSR count). The molecule has 0 aromatic heterocycles. The molecule has 2 aromatic rings. The number of nitro groups is 1. The third-order valence-electron chi connectivity index (χ3n) is 3.03. The van der Waals surface area contributed by atoms with Crippen molar-refractivity contribution in [2.24, 2.45) is 0 Å². The number of aryl methyl sites for hydroxylation is 1. The quantitative estimate of drug-likeness (QED) is 0.507. The van der Waals surface area contributed by atoms with Gasteiger partial charge >= 0.3 is 5.97 Å². The van der Waals surface area contributed by atoms with Crippen LogP contribution in [-0.4, -0.2) is 23.4 Å². The van der Waals surface area contributed by atoms with Crippen LogP contribution in [0.15, 0.2) is 42.5 Å². The molecule has 0 spiro atoms. The van der Waals surface area contributed by atoms with Crippen LogP contribution in [0.2, 0.25) is 5.02 Å². The molecule has 1 amide bonds. The molecule has 8 heteroatoms. The highest BCUT2D eigenvalue weighted by Gasteiger charge is 2.14. The number of carbonyl (C=O) groups excluding carboxylic acids is 2. The van der Waals surface area contributed by atoms with E-state index in [1.165, 1.54) is 18.2 Å². The Bertz CT molecular complexity index is 807. The van der Waals surface area contributed by atoms with E-state index in [0.717, 1.165) is 11.6 Å². The van der Waals surface area contributed by atoms with Crippen molar-refractivity contribution in [2.45, 2.75) is 6.92 Å². The maximum absolute atomic E-state index is 11.8. The van der Waals surface area contributed by atoms with Crippen LogP contribution in [0.4, 0.5) is 11.4 Å². The van der Waals surface area contributed by atoms with Gasteiger partial charge in [-0.2, -0.15) is 0 Å². The molecule has 0 aliphatic heterocycles. The van der Waals surface area contributed by atoms with Crippen molar-refractivity contribution in [1.82, 2.24) is 0 Å². The second-order valence-electron chi connectivity index (χ2n) is 4.92. The van der Waals surface area contributed by atoms with Crippen LogP contribution in [0.3, 0.4) is 0 Å². The fraction of sp³-hybridized carbons (Fsp3) is 0.125. The van der Waals surface area contributed by atoms with E-state index in [1.54, 1.807) is 18.2 Å². The van der Waals surface area contributed by atoms with E-state index in [0.29, 0.717) is 10.7 Å². The average molecular weight is 349 g/mol. The zero-order chi connectivity index (χ0) is 17.7. The van der Waals surface area contributed by atoms with E-state index in [4.69, 9.17) is 16.3 Å². The van der Waals surface area contributed by atoms with E-state index >= 15 is 0 Å². The number of ether oxygens (including phenoxy) is 1. The van der Waals surface area contributed by atoms with Crippen LogP contribution < -0.4 is 5.32 Å². The predicted octanol–water partition coefficient (Wildman–Crippen LogP) is 3.35. The number of halogens is 1. The van der Waals surface area contributed by atoms with E-state index in [9.17, 15) is 19.7 Å². The number of hydrogen-bond acceptors (Lipinski definition) is 5. The number of carbonyl (C=O) groups is 2. The smallest absolute Gasteiger partial charge is 0.338 e. The van der Waals surface area contributed by atoms with E-state index in [1.807, 2.05) is 6.92 Å². The van der Waals surface area contributed by atoms with Gasteiger partial charge in [-0.3, -0.25) is 14.9 Å². The molecular weight excluding hydrogens is 336 g/mol. The van der Waals surface area contributed by atoms with Gasteiger partial charge in [-0.25, -0.2) is 4.79 Å². The standard InChI is InChI=1S/C16H13ClN2O5/c1-10-5-6-14(13(17)7-10)18-15(20)9-24-16(21)11-3-2-4-12(8-11)19(22)23/h2-8H,9H2,1H3,(H,18,20). The Morgan fingerprint density at radius 2 is 2.00 bits per heavy atom. The minimum Gasteiger partial charge on any atom is -0.452 e. The molecular formula is C16H13ClN2O5. The molecule has 0 saturated heterocycles. The van der Waals surface area contributed by atoms with Gasteiger partial charge in [-0.15, -0.1) is 0 Å². The highest BCUT2D eigenvalue weighted by molar-refractivity contribution is 6.33. The molecule has 124 valence electrons. The Balaban J connectivity index is 1.95. The molecule has 0 heterocycles. The maximum atomic E-state index is 11.8. The van der Waals surface area contributed by atoms with Crippen molar-refractivity contribution < 1.29 is 19.2 Å². The number of anilines is 1. The molecule has 0 aliphatic rings. The number of nitro benzene ring substituents is 1. The summed E-state index contributed by atoms with van der Waals surface area (Å²) in [7, 11) is 0. The molecule has 0 radical (unpaired) electrons. The lowest BCUT2D eigenvalue weighted by molar-refractivity contribution is -0.384. The van der Waals surface area contributed by atoms with Gasteiger partial charge in [0.1, 0.15) is 0 Å². The largest absolute Gasteiger partial charge is 0.452 e. The molecule has 0 saturated carbocycles. The van der Waals surface area contributed by atoms with Gasteiger partial charge in [0.25, 0.3) is 11.6 Å². The number of amides is 1. The first-order valence-corrected chi connectivity index (χ1v) is 7.22. The van der Waals surface area contributed by atoms with Crippen LogP contribution in [0.1, 0.15) is 15.9 Å². The molecule has 2 aromatic carbocycles. The normalized spacial score (nSPS) is 10.1.